The molecule has 1 heteroatoms. The highest BCUT2D eigenvalue weighted by atomic mass is 14.8. The van der Waals surface area contributed by atoms with Gasteiger partial charge < -0.3 is 5.32 Å². The van der Waals surface area contributed by atoms with E-state index in [4.69, 9.17) is 0 Å². The van der Waals surface area contributed by atoms with Gasteiger partial charge in [0.1, 0.15) is 0 Å². The summed E-state index contributed by atoms with van der Waals surface area (Å²) in [6, 6.07) is 0. The third kappa shape index (κ3) is 14.9. The van der Waals surface area contributed by atoms with Crippen molar-refractivity contribution >= 4 is 0 Å². The van der Waals surface area contributed by atoms with Gasteiger partial charge in [0.05, 0.1) is 0 Å². The summed E-state index contributed by atoms with van der Waals surface area (Å²) in [5.74, 6) is 2.78. The van der Waals surface area contributed by atoms with Crippen LogP contribution in [0.4, 0.5) is 0 Å². The molecule has 0 saturated carbocycles. The molecular weight excluding hydrogens is 266 g/mol. The first-order valence-corrected chi connectivity index (χ1v) is 10.3. The molecule has 0 aliphatic carbocycles. The summed E-state index contributed by atoms with van der Waals surface area (Å²) < 4.78 is 0. The fourth-order valence-electron chi connectivity index (χ4n) is 3.01. The van der Waals surface area contributed by atoms with Crippen LogP contribution in [0.1, 0.15) is 105 Å². The van der Waals surface area contributed by atoms with E-state index in [2.05, 4.69) is 39.9 Å². The topological polar surface area (TPSA) is 12.0 Å². The SMILES string of the molecule is CCCCNCCCCCC(CCC(C)C)CCC(C)CC. The van der Waals surface area contributed by atoms with E-state index in [0.717, 1.165) is 17.8 Å². The molecule has 0 aromatic rings. The zero-order valence-corrected chi connectivity index (χ0v) is 16.4. The fraction of sp³-hybridized carbons (Fsp3) is 1.00. The Morgan fingerprint density at radius 3 is 2.00 bits per heavy atom. The van der Waals surface area contributed by atoms with Crippen LogP contribution in [0.5, 0.6) is 0 Å². The standard InChI is InChI=1S/C21H45N/c1-6-8-17-22-18-11-9-10-12-21(15-13-19(3)4)16-14-20(5)7-2/h19-22H,6-18H2,1-5H3. The molecule has 134 valence electrons. The van der Waals surface area contributed by atoms with Gasteiger partial charge in [-0.1, -0.05) is 92.4 Å². The van der Waals surface area contributed by atoms with Gasteiger partial charge in [0, 0.05) is 0 Å². The lowest BCUT2D eigenvalue weighted by molar-refractivity contribution is 0.332. The van der Waals surface area contributed by atoms with E-state index in [0.29, 0.717) is 0 Å². The minimum absolute atomic E-state index is 0.869. The van der Waals surface area contributed by atoms with E-state index in [1.807, 2.05) is 0 Å². The summed E-state index contributed by atoms with van der Waals surface area (Å²) in [6.07, 6.45) is 15.5. The molecule has 1 nitrogen and oxygen atoms in total. The van der Waals surface area contributed by atoms with Crippen LogP contribution in [-0.2, 0) is 0 Å². The van der Waals surface area contributed by atoms with Crippen LogP contribution in [0, 0.1) is 17.8 Å². The maximum atomic E-state index is 3.56. The molecule has 0 aliphatic heterocycles. The minimum atomic E-state index is 0.869. The van der Waals surface area contributed by atoms with Crippen LogP contribution in [-0.4, -0.2) is 13.1 Å². The second-order valence-corrected chi connectivity index (χ2v) is 7.88. The lowest BCUT2D eigenvalue weighted by Crippen LogP contribution is -2.16. The van der Waals surface area contributed by atoms with Gasteiger partial charge in [0.15, 0.2) is 0 Å². The molecule has 0 aliphatic rings. The van der Waals surface area contributed by atoms with Crippen molar-refractivity contribution in [2.75, 3.05) is 13.1 Å². The van der Waals surface area contributed by atoms with Crippen molar-refractivity contribution in [2.45, 2.75) is 105 Å². The quantitative estimate of drug-likeness (QED) is 0.308. The largest absolute Gasteiger partial charge is 0.317 e. The highest BCUT2D eigenvalue weighted by Gasteiger charge is 2.11. The fourth-order valence-corrected chi connectivity index (χ4v) is 3.01. The molecule has 0 aromatic carbocycles. The second kappa shape index (κ2) is 15.8. The van der Waals surface area contributed by atoms with Gasteiger partial charge in [-0.15, -0.1) is 0 Å². The molecule has 0 heterocycles. The van der Waals surface area contributed by atoms with Gasteiger partial charge >= 0.3 is 0 Å². The average Bonchev–Trinajstić information content (AvgIpc) is 2.51. The number of unbranched alkanes of at least 4 members (excludes halogenated alkanes) is 3. The Hall–Kier alpha value is -0.0400. The Morgan fingerprint density at radius 2 is 1.36 bits per heavy atom. The lowest BCUT2D eigenvalue weighted by atomic mass is 9.87. The van der Waals surface area contributed by atoms with E-state index in [1.54, 1.807) is 0 Å². The Kier molecular flexibility index (Phi) is 15.8. The van der Waals surface area contributed by atoms with E-state index >= 15 is 0 Å². The van der Waals surface area contributed by atoms with Crippen LogP contribution >= 0.6 is 0 Å². The van der Waals surface area contributed by atoms with Gasteiger partial charge in [-0.05, 0) is 43.7 Å². The lowest BCUT2D eigenvalue weighted by Gasteiger charge is -2.20. The van der Waals surface area contributed by atoms with Crippen molar-refractivity contribution in [1.82, 2.24) is 5.32 Å². The molecule has 0 bridgehead atoms. The van der Waals surface area contributed by atoms with Gasteiger partial charge in [-0.3, -0.25) is 0 Å². The van der Waals surface area contributed by atoms with Crippen LogP contribution < -0.4 is 5.32 Å². The Morgan fingerprint density at radius 1 is 0.682 bits per heavy atom. The minimum Gasteiger partial charge on any atom is -0.317 e. The summed E-state index contributed by atoms with van der Waals surface area (Å²) >= 11 is 0. The van der Waals surface area contributed by atoms with Crippen molar-refractivity contribution in [2.24, 2.45) is 17.8 Å². The summed E-state index contributed by atoms with van der Waals surface area (Å²) in [7, 11) is 0. The third-order valence-corrected chi connectivity index (χ3v) is 5.09. The van der Waals surface area contributed by atoms with Crippen molar-refractivity contribution in [3.63, 3.8) is 0 Å². The highest BCUT2D eigenvalue weighted by Crippen LogP contribution is 2.25. The normalized spacial score (nSPS) is 14.5. The molecule has 0 fully saturated rings. The monoisotopic (exact) mass is 311 g/mol. The number of rotatable bonds is 16. The van der Waals surface area contributed by atoms with E-state index < -0.39 is 0 Å². The zero-order chi connectivity index (χ0) is 16.6. The van der Waals surface area contributed by atoms with Gasteiger partial charge in [-0.2, -0.15) is 0 Å². The van der Waals surface area contributed by atoms with Crippen molar-refractivity contribution in [1.29, 1.82) is 0 Å². The smallest absolute Gasteiger partial charge is 0.00489 e. The summed E-state index contributed by atoms with van der Waals surface area (Å²) in [5.41, 5.74) is 0. The van der Waals surface area contributed by atoms with Gasteiger partial charge in [0.2, 0.25) is 0 Å². The summed E-state index contributed by atoms with van der Waals surface area (Å²) in [5, 5.41) is 3.56. The molecule has 0 rings (SSSR count). The number of nitrogens with one attached hydrogen (secondary N) is 1. The molecule has 1 N–H and O–H groups in total. The van der Waals surface area contributed by atoms with E-state index in [-0.39, 0.29) is 0 Å². The third-order valence-electron chi connectivity index (χ3n) is 5.09. The maximum absolute atomic E-state index is 3.56. The molecular formula is C21H45N. The molecule has 0 spiro atoms. The number of hydrogen-bond acceptors (Lipinski definition) is 1. The predicted molar refractivity (Wildman–Crippen MR) is 102 cm³/mol. The number of hydrogen-bond donors (Lipinski definition) is 1. The molecule has 0 radical (unpaired) electrons. The van der Waals surface area contributed by atoms with Crippen LogP contribution in [0.2, 0.25) is 0 Å². The second-order valence-electron chi connectivity index (χ2n) is 7.88. The average molecular weight is 312 g/mol. The molecule has 2 unspecified atom stereocenters. The zero-order valence-electron chi connectivity index (χ0n) is 16.4. The Bertz CT molecular complexity index is 212. The summed E-state index contributed by atoms with van der Waals surface area (Å²) in [6.45, 7) is 14.2. The van der Waals surface area contributed by atoms with Gasteiger partial charge in [-0.25, -0.2) is 0 Å². The van der Waals surface area contributed by atoms with Crippen molar-refractivity contribution < 1.29 is 0 Å². The molecule has 0 saturated heterocycles. The maximum Gasteiger partial charge on any atom is -0.00489 e. The Labute approximate surface area is 142 Å². The van der Waals surface area contributed by atoms with Crippen LogP contribution in [0.3, 0.4) is 0 Å². The van der Waals surface area contributed by atoms with Crippen molar-refractivity contribution in [3.05, 3.63) is 0 Å². The van der Waals surface area contributed by atoms with Crippen LogP contribution in [0.15, 0.2) is 0 Å². The molecule has 0 aromatic heterocycles. The predicted octanol–water partition coefficient (Wildman–Crippen LogP) is 6.82. The van der Waals surface area contributed by atoms with E-state index in [1.165, 1.54) is 83.7 Å². The molecule has 22 heavy (non-hydrogen) atoms. The molecule has 2 atom stereocenters. The first-order chi connectivity index (χ1) is 10.6. The van der Waals surface area contributed by atoms with Gasteiger partial charge in [0.25, 0.3) is 0 Å². The van der Waals surface area contributed by atoms with Crippen LogP contribution in [0.25, 0.3) is 0 Å². The highest BCUT2D eigenvalue weighted by molar-refractivity contribution is 4.64. The first kappa shape index (κ1) is 22.0. The Balaban J connectivity index is 3.72. The summed E-state index contributed by atoms with van der Waals surface area (Å²) in [4.78, 5) is 0. The first-order valence-electron chi connectivity index (χ1n) is 10.3. The van der Waals surface area contributed by atoms with Crippen molar-refractivity contribution in [3.8, 4) is 0 Å². The van der Waals surface area contributed by atoms with E-state index in [9.17, 15) is 0 Å². The molecule has 0 amide bonds.